The van der Waals surface area contributed by atoms with Gasteiger partial charge in [-0.1, -0.05) is 159 Å². The summed E-state index contributed by atoms with van der Waals surface area (Å²) in [5.74, 6) is -1.11. The van der Waals surface area contributed by atoms with E-state index < -0.39 is 75.7 Å². The molecule has 0 spiro atoms. The number of aliphatic hydroxyl groups is 5. The van der Waals surface area contributed by atoms with Crippen LogP contribution in [0.5, 0.6) is 0 Å². The van der Waals surface area contributed by atoms with Crippen LogP contribution in [0.4, 0.5) is 0 Å². The van der Waals surface area contributed by atoms with E-state index >= 15 is 0 Å². The van der Waals surface area contributed by atoms with Crippen LogP contribution in [0.1, 0.15) is 181 Å². The van der Waals surface area contributed by atoms with E-state index in [-0.39, 0.29) is 12.8 Å². The quantitative estimate of drug-likeness (QED) is 0.0150. The molecular weight excluding hydrogens is 779 g/mol. The molecule has 0 radical (unpaired) electrons. The molecular formula is C45H81O13P. The van der Waals surface area contributed by atoms with Crippen molar-refractivity contribution >= 4 is 19.8 Å². The summed E-state index contributed by atoms with van der Waals surface area (Å²) in [5, 5.41) is 50.1. The van der Waals surface area contributed by atoms with Crippen LogP contribution < -0.4 is 0 Å². The van der Waals surface area contributed by atoms with E-state index in [4.69, 9.17) is 18.5 Å². The minimum Gasteiger partial charge on any atom is -0.462 e. The predicted molar refractivity (Wildman–Crippen MR) is 230 cm³/mol. The third kappa shape index (κ3) is 28.3. The standard InChI is InChI=1S/C45H81O13P/c1-3-5-7-9-11-13-15-17-18-19-20-22-24-26-28-30-32-34-39(47)57-37(36-56-59(53,54)58-45-43(51)41(49)40(48)42(50)44(45)52)35-55-38(46)33-31-29-27-25-23-21-16-14-12-10-8-6-4-2/h5,7,11,13,17-18,37,40-45,48-52H,3-4,6,8-10,12,14-16,19-36H2,1-2H3,(H,53,54). The van der Waals surface area contributed by atoms with Crippen molar-refractivity contribution in [3.63, 3.8) is 0 Å². The van der Waals surface area contributed by atoms with Crippen LogP contribution in [-0.2, 0) is 32.7 Å². The number of hydrogen-bond donors (Lipinski definition) is 6. The van der Waals surface area contributed by atoms with Crippen molar-refractivity contribution in [1.82, 2.24) is 0 Å². The molecule has 0 aromatic rings. The molecule has 6 atom stereocenters. The second-order valence-corrected chi connectivity index (χ2v) is 17.3. The molecule has 0 heterocycles. The summed E-state index contributed by atoms with van der Waals surface area (Å²) < 4.78 is 33.5. The van der Waals surface area contributed by atoms with E-state index in [1.807, 2.05) is 0 Å². The van der Waals surface area contributed by atoms with Crippen molar-refractivity contribution in [1.29, 1.82) is 0 Å². The van der Waals surface area contributed by atoms with Crippen LogP contribution in [-0.4, -0.2) is 98.3 Å². The molecule has 1 fully saturated rings. The topological polar surface area (TPSA) is 210 Å². The average molecular weight is 861 g/mol. The number of ether oxygens (including phenoxy) is 2. The molecule has 0 saturated heterocycles. The van der Waals surface area contributed by atoms with Crippen LogP contribution >= 0.6 is 7.82 Å². The first kappa shape index (κ1) is 55.1. The summed E-state index contributed by atoms with van der Waals surface area (Å²) in [6, 6.07) is 0. The molecule has 344 valence electrons. The van der Waals surface area contributed by atoms with Crippen LogP contribution in [0.2, 0.25) is 0 Å². The molecule has 13 nitrogen and oxygen atoms in total. The van der Waals surface area contributed by atoms with Crippen molar-refractivity contribution in [3.05, 3.63) is 36.5 Å². The molecule has 59 heavy (non-hydrogen) atoms. The molecule has 1 rings (SSSR count). The molecule has 0 aromatic carbocycles. The molecule has 14 heteroatoms. The number of unbranched alkanes of at least 4 members (excludes halogenated alkanes) is 19. The molecule has 0 amide bonds. The Kier molecular flexibility index (Phi) is 33.3. The second kappa shape index (κ2) is 35.6. The smallest absolute Gasteiger partial charge is 0.462 e. The van der Waals surface area contributed by atoms with Gasteiger partial charge in [-0.3, -0.25) is 18.6 Å². The molecule has 0 aliphatic heterocycles. The van der Waals surface area contributed by atoms with Gasteiger partial charge in [0.25, 0.3) is 0 Å². The average Bonchev–Trinajstić information content (AvgIpc) is 3.21. The highest BCUT2D eigenvalue weighted by atomic mass is 31.2. The van der Waals surface area contributed by atoms with Gasteiger partial charge in [0.1, 0.15) is 43.2 Å². The molecule has 6 N–H and O–H groups in total. The second-order valence-electron chi connectivity index (χ2n) is 15.9. The zero-order valence-electron chi connectivity index (χ0n) is 36.3. The fourth-order valence-corrected chi connectivity index (χ4v) is 7.80. The van der Waals surface area contributed by atoms with Crippen molar-refractivity contribution < 1.29 is 63.1 Å². The summed E-state index contributed by atoms with van der Waals surface area (Å²) in [4.78, 5) is 35.7. The first-order valence-corrected chi connectivity index (χ1v) is 24.3. The Bertz CT molecular complexity index is 1180. The van der Waals surface area contributed by atoms with Crippen LogP contribution in [0.25, 0.3) is 0 Å². The van der Waals surface area contributed by atoms with Crippen LogP contribution in [0.3, 0.4) is 0 Å². The number of carbonyl (C=O) groups is 2. The number of carbonyl (C=O) groups excluding carboxylic acids is 2. The van der Waals surface area contributed by atoms with Crippen LogP contribution in [0.15, 0.2) is 36.5 Å². The highest BCUT2D eigenvalue weighted by Gasteiger charge is 2.51. The first-order valence-electron chi connectivity index (χ1n) is 22.8. The number of aliphatic hydroxyl groups excluding tert-OH is 5. The molecule has 6 unspecified atom stereocenters. The summed E-state index contributed by atoms with van der Waals surface area (Å²) in [7, 11) is -5.12. The maximum atomic E-state index is 12.8. The minimum absolute atomic E-state index is 0.0867. The Morgan fingerprint density at radius 1 is 0.542 bits per heavy atom. The Morgan fingerprint density at radius 3 is 1.47 bits per heavy atom. The Labute approximate surface area is 355 Å². The largest absolute Gasteiger partial charge is 0.472 e. The van der Waals surface area contributed by atoms with Gasteiger partial charge in [0.2, 0.25) is 0 Å². The van der Waals surface area contributed by atoms with Gasteiger partial charge in [-0.25, -0.2) is 4.57 Å². The fraction of sp³-hybridized carbons (Fsp3) is 0.822. The van der Waals surface area contributed by atoms with Gasteiger partial charge in [-0.2, -0.15) is 0 Å². The minimum atomic E-state index is -5.12. The highest BCUT2D eigenvalue weighted by Crippen LogP contribution is 2.47. The first-order chi connectivity index (χ1) is 28.4. The maximum absolute atomic E-state index is 12.8. The van der Waals surface area contributed by atoms with E-state index in [1.54, 1.807) is 0 Å². The summed E-state index contributed by atoms with van der Waals surface area (Å²) in [6.45, 7) is 3.18. The van der Waals surface area contributed by atoms with E-state index in [9.17, 15) is 44.6 Å². The van der Waals surface area contributed by atoms with Gasteiger partial charge in [-0.05, 0) is 44.9 Å². The fourth-order valence-electron chi connectivity index (χ4n) is 6.83. The number of rotatable bonds is 37. The molecule has 0 aromatic heterocycles. The van der Waals surface area contributed by atoms with Gasteiger partial charge in [0.15, 0.2) is 6.10 Å². The summed E-state index contributed by atoms with van der Waals surface area (Å²) >= 11 is 0. The van der Waals surface area contributed by atoms with E-state index in [0.29, 0.717) is 12.8 Å². The normalized spacial score (nSPS) is 22.6. The molecule has 1 aliphatic rings. The van der Waals surface area contributed by atoms with Gasteiger partial charge >= 0.3 is 19.8 Å². The van der Waals surface area contributed by atoms with Gasteiger partial charge < -0.3 is 39.9 Å². The van der Waals surface area contributed by atoms with Crippen LogP contribution in [0, 0.1) is 0 Å². The Balaban J connectivity index is 2.47. The zero-order valence-corrected chi connectivity index (χ0v) is 37.2. The maximum Gasteiger partial charge on any atom is 0.472 e. The molecule has 1 saturated carbocycles. The van der Waals surface area contributed by atoms with Gasteiger partial charge in [0.05, 0.1) is 6.61 Å². The highest BCUT2D eigenvalue weighted by molar-refractivity contribution is 7.47. The summed E-state index contributed by atoms with van der Waals surface area (Å²) in [5.41, 5.74) is 0. The van der Waals surface area contributed by atoms with Crippen molar-refractivity contribution in [2.75, 3.05) is 13.2 Å². The summed E-state index contributed by atoms with van der Waals surface area (Å²) in [6.07, 6.45) is 26.3. The lowest BCUT2D eigenvalue weighted by molar-refractivity contribution is -0.220. The number of allylic oxidation sites excluding steroid dienone is 6. The number of phosphoric acid groups is 1. The Hall–Kier alpha value is -1.93. The van der Waals surface area contributed by atoms with E-state index in [0.717, 1.165) is 83.5 Å². The van der Waals surface area contributed by atoms with E-state index in [2.05, 4.69) is 50.3 Å². The molecule has 0 bridgehead atoms. The van der Waals surface area contributed by atoms with Crippen molar-refractivity contribution in [3.8, 4) is 0 Å². The Morgan fingerprint density at radius 2 is 0.966 bits per heavy atom. The number of esters is 2. The number of hydrogen-bond acceptors (Lipinski definition) is 12. The number of phosphoric ester groups is 1. The van der Waals surface area contributed by atoms with Gasteiger partial charge in [0, 0.05) is 12.8 Å². The third-order valence-corrected chi connectivity index (χ3v) is 11.5. The zero-order chi connectivity index (χ0) is 43.6. The molecule has 1 aliphatic carbocycles. The lowest BCUT2D eigenvalue weighted by Crippen LogP contribution is -2.64. The lowest BCUT2D eigenvalue weighted by atomic mass is 9.85. The monoisotopic (exact) mass is 861 g/mol. The lowest BCUT2D eigenvalue weighted by Gasteiger charge is -2.41. The predicted octanol–water partition coefficient (Wildman–Crippen LogP) is 8.61. The van der Waals surface area contributed by atoms with Gasteiger partial charge in [-0.15, -0.1) is 0 Å². The SMILES string of the molecule is CCC=CCC=CCC=CCCCCCCCCCC(=O)OC(COC(=O)CCCCCCCCCCCCCCC)COP(=O)(O)OC1C(O)C(O)C(O)C(O)C1O. The van der Waals surface area contributed by atoms with Crippen molar-refractivity contribution in [2.24, 2.45) is 0 Å². The third-order valence-electron chi connectivity index (χ3n) is 10.5. The van der Waals surface area contributed by atoms with Crippen molar-refractivity contribution in [2.45, 2.75) is 224 Å². The van der Waals surface area contributed by atoms with E-state index in [1.165, 1.54) is 57.8 Å².